The van der Waals surface area contributed by atoms with E-state index in [4.69, 9.17) is 14.5 Å². The summed E-state index contributed by atoms with van der Waals surface area (Å²) in [6.45, 7) is 4.59. The molecule has 0 radical (unpaired) electrons. The zero-order valence-electron chi connectivity index (χ0n) is 14.8. The molecule has 2 heterocycles. The molecule has 11 heteroatoms. The third-order valence-corrected chi connectivity index (χ3v) is 5.82. The van der Waals surface area contributed by atoms with Crippen molar-refractivity contribution < 1.29 is 48.3 Å². The fourth-order valence-corrected chi connectivity index (χ4v) is 3.57. The summed E-state index contributed by atoms with van der Waals surface area (Å²) in [4.78, 5) is 29.1. The molecular formula is C15H23NO9P+. The van der Waals surface area contributed by atoms with Gasteiger partial charge in [0.2, 0.25) is 0 Å². The smallest absolute Gasteiger partial charge is 0.469 e. The molecule has 1 aliphatic heterocycles. The van der Waals surface area contributed by atoms with Crippen LogP contribution in [0.1, 0.15) is 38.1 Å². The topological polar surface area (TPSA) is 158 Å². The number of aromatic carboxylic acids is 1. The second-order valence-corrected chi connectivity index (χ2v) is 8.27. The van der Waals surface area contributed by atoms with Crippen LogP contribution in [-0.4, -0.2) is 54.5 Å². The van der Waals surface area contributed by atoms with E-state index in [1.165, 1.54) is 56.8 Å². The molecule has 1 aromatic heterocycles. The van der Waals surface area contributed by atoms with Crippen LogP contribution in [0.25, 0.3) is 0 Å². The van der Waals surface area contributed by atoms with E-state index in [0.717, 1.165) is 0 Å². The molecule has 1 fully saturated rings. The lowest BCUT2D eigenvalue weighted by molar-refractivity contribution is -0.818. The zero-order valence-corrected chi connectivity index (χ0v) is 15.7. The Morgan fingerprint density at radius 1 is 1.23 bits per heavy atom. The molecule has 0 aliphatic carbocycles. The highest BCUT2D eigenvalue weighted by Crippen LogP contribution is 2.53. The van der Waals surface area contributed by atoms with Crippen LogP contribution in [0.4, 0.5) is 0 Å². The summed E-state index contributed by atoms with van der Waals surface area (Å²) in [5.74, 6) is -1.19. The standard InChI is InChI=1S/C15H22NO9P/c1-12(9-24-26(21,22)23)13(2,19)14(3,20)15(4,25-12)16-7-5-6-10(8-16)11(17)18/h5-8,19-20H,9H2,1-4H3,(H2-,17,18,21,22,23)/p+1/t12-,13?,14+,15-/m1/s1. The van der Waals surface area contributed by atoms with Crippen LogP contribution >= 0.6 is 7.82 Å². The molecule has 0 saturated carbocycles. The first-order valence-corrected chi connectivity index (χ1v) is 9.20. The average molecular weight is 392 g/mol. The Kier molecular flexibility index (Phi) is 4.88. The highest BCUT2D eigenvalue weighted by molar-refractivity contribution is 7.46. The molecule has 0 spiro atoms. The SMILES string of the molecule is CC1(O)[C@@](C)(COP(=O)(O)O)O[C@@](C)([n+]2cccc(C(=O)O)c2)[C@@]1(C)O. The number of hydrogen-bond donors (Lipinski definition) is 5. The van der Waals surface area contributed by atoms with Crippen molar-refractivity contribution in [2.24, 2.45) is 0 Å². The van der Waals surface area contributed by atoms with E-state index in [-0.39, 0.29) is 5.56 Å². The third-order valence-electron chi connectivity index (χ3n) is 5.35. The highest BCUT2D eigenvalue weighted by atomic mass is 31.2. The van der Waals surface area contributed by atoms with Crippen LogP contribution in [0.3, 0.4) is 0 Å². The van der Waals surface area contributed by atoms with E-state index in [0.29, 0.717) is 0 Å². The number of pyridine rings is 1. The van der Waals surface area contributed by atoms with E-state index < -0.39 is 42.9 Å². The Morgan fingerprint density at radius 3 is 2.31 bits per heavy atom. The Balaban J connectivity index is 2.55. The van der Waals surface area contributed by atoms with Crippen LogP contribution in [0.5, 0.6) is 0 Å². The largest absolute Gasteiger partial charge is 0.477 e. The van der Waals surface area contributed by atoms with Crippen molar-refractivity contribution in [1.29, 1.82) is 0 Å². The van der Waals surface area contributed by atoms with Crippen molar-refractivity contribution in [2.45, 2.75) is 50.2 Å². The highest BCUT2D eigenvalue weighted by Gasteiger charge is 2.77. The van der Waals surface area contributed by atoms with Gasteiger partial charge in [0.1, 0.15) is 16.8 Å². The number of phosphoric ester groups is 1. The number of carboxylic acids is 1. The Hall–Kier alpha value is -1.39. The molecule has 4 atom stereocenters. The summed E-state index contributed by atoms with van der Waals surface area (Å²) >= 11 is 0. The lowest BCUT2D eigenvalue weighted by atomic mass is 9.73. The fraction of sp³-hybridized carbons (Fsp3) is 0.600. The van der Waals surface area contributed by atoms with Crippen molar-refractivity contribution in [3.63, 3.8) is 0 Å². The van der Waals surface area contributed by atoms with E-state index in [1.807, 2.05) is 0 Å². The van der Waals surface area contributed by atoms with Gasteiger partial charge in [0.05, 0.1) is 6.61 Å². The normalized spacial score (nSPS) is 37.7. The first-order chi connectivity index (χ1) is 11.6. The van der Waals surface area contributed by atoms with Gasteiger partial charge < -0.3 is 29.8 Å². The summed E-state index contributed by atoms with van der Waals surface area (Å²) in [6.07, 6.45) is 2.68. The van der Waals surface area contributed by atoms with Gasteiger partial charge in [-0.05, 0) is 26.8 Å². The van der Waals surface area contributed by atoms with Gasteiger partial charge in [-0.2, -0.15) is 4.57 Å². The van der Waals surface area contributed by atoms with E-state index in [2.05, 4.69) is 4.52 Å². The predicted molar refractivity (Wildman–Crippen MR) is 86.0 cm³/mol. The number of ether oxygens (including phenoxy) is 1. The summed E-state index contributed by atoms with van der Waals surface area (Å²) in [5.41, 5.74) is -7.48. The van der Waals surface area contributed by atoms with E-state index >= 15 is 0 Å². The zero-order chi connectivity index (χ0) is 20.2. The number of rotatable bonds is 5. The predicted octanol–water partition coefficient (Wildman–Crippen LogP) is -0.255. The fourth-order valence-electron chi connectivity index (χ4n) is 3.15. The number of aromatic nitrogens is 1. The second-order valence-electron chi connectivity index (χ2n) is 7.03. The Morgan fingerprint density at radius 2 is 1.81 bits per heavy atom. The van der Waals surface area contributed by atoms with Crippen LogP contribution in [-0.2, 0) is 19.6 Å². The first kappa shape index (κ1) is 20.9. The lowest BCUT2D eigenvalue weighted by Gasteiger charge is -2.39. The molecule has 146 valence electrons. The molecular weight excluding hydrogens is 369 g/mol. The maximum Gasteiger partial charge on any atom is 0.469 e. The van der Waals surface area contributed by atoms with Gasteiger partial charge in [0.15, 0.2) is 18.0 Å². The third kappa shape index (κ3) is 3.07. The first-order valence-electron chi connectivity index (χ1n) is 7.67. The minimum atomic E-state index is -4.85. The van der Waals surface area contributed by atoms with Gasteiger partial charge in [-0.25, -0.2) is 9.36 Å². The van der Waals surface area contributed by atoms with Crippen molar-refractivity contribution in [2.75, 3.05) is 6.61 Å². The van der Waals surface area contributed by atoms with Crippen molar-refractivity contribution in [1.82, 2.24) is 0 Å². The van der Waals surface area contributed by atoms with Crippen molar-refractivity contribution >= 4 is 13.8 Å². The maximum absolute atomic E-state index is 11.2. The average Bonchev–Trinajstić information content (AvgIpc) is 2.61. The van der Waals surface area contributed by atoms with Crippen molar-refractivity contribution in [3.8, 4) is 0 Å². The van der Waals surface area contributed by atoms with E-state index in [1.54, 1.807) is 0 Å². The molecule has 0 bridgehead atoms. The molecule has 0 amide bonds. The minimum Gasteiger partial charge on any atom is -0.477 e. The lowest BCUT2D eigenvalue weighted by Crippen LogP contribution is -2.69. The summed E-state index contributed by atoms with van der Waals surface area (Å²) in [5, 5.41) is 31.2. The van der Waals surface area contributed by atoms with Gasteiger partial charge in [0.25, 0.3) is 0 Å². The van der Waals surface area contributed by atoms with Gasteiger partial charge in [-0.1, -0.05) is 0 Å². The van der Waals surface area contributed by atoms with Crippen LogP contribution < -0.4 is 4.57 Å². The molecule has 0 aromatic carbocycles. The van der Waals surface area contributed by atoms with E-state index in [9.17, 15) is 24.7 Å². The maximum atomic E-state index is 11.2. The number of hydrogen-bond acceptors (Lipinski definition) is 6. The molecule has 1 saturated heterocycles. The van der Waals surface area contributed by atoms with Crippen LogP contribution in [0, 0.1) is 0 Å². The number of aliphatic hydroxyl groups is 2. The van der Waals surface area contributed by atoms with Crippen LogP contribution in [0.2, 0.25) is 0 Å². The molecule has 2 rings (SSSR count). The Labute approximate surface area is 149 Å². The molecule has 1 aromatic rings. The summed E-state index contributed by atoms with van der Waals surface area (Å²) < 4.78 is 22.7. The molecule has 1 aliphatic rings. The monoisotopic (exact) mass is 392 g/mol. The Bertz CT molecular complexity index is 774. The van der Waals surface area contributed by atoms with Gasteiger partial charge in [0, 0.05) is 13.0 Å². The summed E-state index contributed by atoms with van der Waals surface area (Å²) in [6, 6.07) is 2.78. The number of nitrogens with zero attached hydrogens (tertiary/aromatic N) is 1. The number of carboxylic acid groups (broad SMARTS) is 1. The van der Waals surface area contributed by atoms with Gasteiger partial charge in [-0.15, -0.1) is 0 Å². The van der Waals surface area contributed by atoms with Gasteiger partial charge in [-0.3, -0.25) is 4.52 Å². The molecule has 5 N–H and O–H groups in total. The van der Waals surface area contributed by atoms with Crippen LogP contribution in [0.15, 0.2) is 24.5 Å². The van der Waals surface area contributed by atoms with Gasteiger partial charge >= 0.3 is 19.5 Å². The van der Waals surface area contributed by atoms with Crippen molar-refractivity contribution in [3.05, 3.63) is 30.1 Å². The minimum absolute atomic E-state index is 0.0761. The molecule has 26 heavy (non-hydrogen) atoms. The quantitative estimate of drug-likeness (QED) is 0.336. The molecule has 1 unspecified atom stereocenters. The molecule has 10 nitrogen and oxygen atoms in total. The second kappa shape index (κ2) is 6.07. The number of carbonyl (C=O) groups is 1. The summed E-state index contributed by atoms with van der Waals surface area (Å²) in [7, 11) is -4.85. The number of phosphoric acid groups is 1.